The zero-order chi connectivity index (χ0) is 13.0. The lowest BCUT2D eigenvalue weighted by Gasteiger charge is -2.23. The molecule has 1 rings (SSSR count). The minimum atomic E-state index is -1.09. The van der Waals surface area contributed by atoms with Gasteiger partial charge in [0.2, 0.25) is 0 Å². The lowest BCUT2D eigenvalue weighted by atomic mass is 10.1. The highest BCUT2D eigenvalue weighted by molar-refractivity contribution is 5.65. The monoisotopic (exact) mass is 238 g/mol. The van der Waals surface area contributed by atoms with Gasteiger partial charge in [-0.1, -0.05) is 18.2 Å². The average Bonchev–Trinajstić information content (AvgIpc) is 2.25. The van der Waals surface area contributed by atoms with Gasteiger partial charge in [-0.15, -0.1) is 0 Å². The molecule has 0 spiro atoms. The Bertz CT molecular complexity index is 431. The van der Waals surface area contributed by atoms with Gasteiger partial charge in [-0.05, 0) is 13.8 Å². The van der Waals surface area contributed by atoms with Gasteiger partial charge in [-0.3, -0.25) is 10.1 Å². The third-order valence-corrected chi connectivity index (χ3v) is 2.40. The van der Waals surface area contributed by atoms with Crippen molar-refractivity contribution in [1.29, 1.82) is 0 Å². The smallest absolute Gasteiger partial charge is 0.407 e. The molecule has 1 aromatic carbocycles. The summed E-state index contributed by atoms with van der Waals surface area (Å²) in [4.78, 5) is 22.4. The van der Waals surface area contributed by atoms with E-state index >= 15 is 0 Å². The molecule has 0 aliphatic heterocycles. The summed E-state index contributed by atoms with van der Waals surface area (Å²) >= 11 is 0. The van der Waals surface area contributed by atoms with E-state index in [0.717, 1.165) is 4.90 Å². The maximum atomic E-state index is 11.0. The van der Waals surface area contributed by atoms with Gasteiger partial charge in [0.05, 0.1) is 11.5 Å². The van der Waals surface area contributed by atoms with E-state index in [-0.39, 0.29) is 18.3 Å². The standard InChI is InChI=1S/C11H14N2O4/c1-8(2)12(11(14)15)7-9-5-3-4-6-10(9)13(16)17/h3-6,8H,7H2,1-2H3,(H,14,15). The largest absolute Gasteiger partial charge is 0.465 e. The molecule has 0 fully saturated rings. The highest BCUT2D eigenvalue weighted by Gasteiger charge is 2.20. The molecule has 0 bridgehead atoms. The van der Waals surface area contributed by atoms with E-state index in [1.165, 1.54) is 6.07 Å². The first kappa shape index (κ1) is 13.0. The number of carbonyl (C=O) groups is 1. The molecule has 6 heteroatoms. The summed E-state index contributed by atoms with van der Waals surface area (Å²) in [6, 6.07) is 5.92. The van der Waals surface area contributed by atoms with E-state index in [1.54, 1.807) is 32.0 Å². The van der Waals surface area contributed by atoms with Crippen LogP contribution in [0.1, 0.15) is 19.4 Å². The van der Waals surface area contributed by atoms with Crippen molar-refractivity contribution < 1.29 is 14.8 Å². The fourth-order valence-electron chi connectivity index (χ4n) is 1.48. The minimum Gasteiger partial charge on any atom is -0.465 e. The Morgan fingerprint density at radius 3 is 2.53 bits per heavy atom. The van der Waals surface area contributed by atoms with Crippen molar-refractivity contribution in [2.45, 2.75) is 26.4 Å². The van der Waals surface area contributed by atoms with Crippen molar-refractivity contribution in [3.63, 3.8) is 0 Å². The second-order valence-electron chi connectivity index (χ2n) is 3.89. The topological polar surface area (TPSA) is 83.7 Å². The Labute approximate surface area is 98.6 Å². The zero-order valence-electron chi connectivity index (χ0n) is 9.66. The van der Waals surface area contributed by atoms with Crippen LogP contribution in [0, 0.1) is 10.1 Å². The molecular formula is C11H14N2O4. The fourth-order valence-corrected chi connectivity index (χ4v) is 1.48. The van der Waals surface area contributed by atoms with Crippen molar-refractivity contribution in [1.82, 2.24) is 4.90 Å². The Balaban J connectivity index is 3.01. The van der Waals surface area contributed by atoms with Gasteiger partial charge >= 0.3 is 6.09 Å². The number of hydrogen-bond donors (Lipinski definition) is 1. The highest BCUT2D eigenvalue weighted by Crippen LogP contribution is 2.20. The molecule has 0 saturated heterocycles. The second kappa shape index (κ2) is 5.29. The van der Waals surface area contributed by atoms with Crippen molar-refractivity contribution in [2.75, 3.05) is 0 Å². The molecule has 0 aromatic heterocycles. The van der Waals surface area contributed by atoms with E-state index in [0.29, 0.717) is 5.56 Å². The fraction of sp³-hybridized carbons (Fsp3) is 0.364. The van der Waals surface area contributed by atoms with E-state index in [9.17, 15) is 14.9 Å². The van der Waals surface area contributed by atoms with E-state index < -0.39 is 11.0 Å². The molecule has 1 N–H and O–H groups in total. The Kier molecular flexibility index (Phi) is 4.03. The number of para-hydroxylation sites is 1. The molecule has 0 atom stereocenters. The zero-order valence-corrected chi connectivity index (χ0v) is 9.66. The maximum absolute atomic E-state index is 11.0. The van der Waals surface area contributed by atoms with Crippen molar-refractivity contribution in [3.8, 4) is 0 Å². The van der Waals surface area contributed by atoms with Gasteiger partial charge in [0.25, 0.3) is 5.69 Å². The van der Waals surface area contributed by atoms with Gasteiger partial charge < -0.3 is 10.0 Å². The minimum absolute atomic E-state index is 0.0180. The third-order valence-electron chi connectivity index (χ3n) is 2.40. The number of rotatable bonds is 4. The average molecular weight is 238 g/mol. The molecule has 6 nitrogen and oxygen atoms in total. The van der Waals surface area contributed by atoms with Crippen LogP contribution in [-0.4, -0.2) is 27.1 Å². The van der Waals surface area contributed by atoms with Crippen LogP contribution in [0.25, 0.3) is 0 Å². The van der Waals surface area contributed by atoms with Gasteiger partial charge in [0, 0.05) is 17.7 Å². The number of benzene rings is 1. The second-order valence-corrected chi connectivity index (χ2v) is 3.89. The molecule has 0 radical (unpaired) electrons. The molecule has 1 aromatic rings. The molecule has 0 unspecified atom stereocenters. The van der Waals surface area contributed by atoms with Gasteiger partial charge in [0.15, 0.2) is 0 Å². The number of nitro groups is 1. The quantitative estimate of drug-likeness (QED) is 0.645. The van der Waals surface area contributed by atoms with Crippen LogP contribution in [0.2, 0.25) is 0 Å². The Hall–Kier alpha value is -2.11. The molecular weight excluding hydrogens is 224 g/mol. The summed E-state index contributed by atoms with van der Waals surface area (Å²) in [6.45, 7) is 3.47. The number of carboxylic acid groups (broad SMARTS) is 1. The van der Waals surface area contributed by atoms with Crippen LogP contribution in [-0.2, 0) is 6.54 Å². The van der Waals surface area contributed by atoms with Crippen LogP contribution in [0.3, 0.4) is 0 Å². The summed E-state index contributed by atoms with van der Waals surface area (Å²) in [5.74, 6) is 0. The summed E-state index contributed by atoms with van der Waals surface area (Å²) < 4.78 is 0. The lowest BCUT2D eigenvalue weighted by Crippen LogP contribution is -2.35. The lowest BCUT2D eigenvalue weighted by molar-refractivity contribution is -0.385. The Morgan fingerprint density at radius 2 is 2.06 bits per heavy atom. The van der Waals surface area contributed by atoms with Crippen molar-refractivity contribution in [2.24, 2.45) is 0 Å². The van der Waals surface area contributed by atoms with E-state index in [2.05, 4.69) is 0 Å². The predicted octanol–water partition coefficient (Wildman–Crippen LogP) is 2.48. The van der Waals surface area contributed by atoms with Crippen LogP contribution in [0.15, 0.2) is 24.3 Å². The summed E-state index contributed by atoms with van der Waals surface area (Å²) in [5.41, 5.74) is 0.341. The SMILES string of the molecule is CC(C)N(Cc1ccccc1[N+](=O)[O-])C(=O)O. The molecule has 1 amide bonds. The van der Waals surface area contributed by atoms with E-state index in [1.807, 2.05) is 0 Å². The third kappa shape index (κ3) is 3.17. The Morgan fingerprint density at radius 1 is 1.47 bits per heavy atom. The van der Waals surface area contributed by atoms with Gasteiger partial charge in [-0.2, -0.15) is 0 Å². The number of nitrogens with zero attached hydrogens (tertiary/aromatic N) is 2. The van der Waals surface area contributed by atoms with Crippen LogP contribution in [0.4, 0.5) is 10.5 Å². The highest BCUT2D eigenvalue weighted by atomic mass is 16.6. The first-order valence-corrected chi connectivity index (χ1v) is 5.15. The van der Waals surface area contributed by atoms with Gasteiger partial charge in [-0.25, -0.2) is 4.79 Å². The molecule has 92 valence electrons. The molecule has 0 aliphatic carbocycles. The number of nitro benzene ring substituents is 1. The first-order valence-electron chi connectivity index (χ1n) is 5.15. The van der Waals surface area contributed by atoms with Crippen LogP contribution < -0.4 is 0 Å². The van der Waals surface area contributed by atoms with Gasteiger partial charge in [0.1, 0.15) is 0 Å². The summed E-state index contributed by atoms with van der Waals surface area (Å²) in [7, 11) is 0. The number of hydrogen-bond acceptors (Lipinski definition) is 3. The van der Waals surface area contributed by atoms with E-state index in [4.69, 9.17) is 5.11 Å². The van der Waals surface area contributed by atoms with Crippen LogP contribution >= 0.6 is 0 Å². The summed E-state index contributed by atoms with van der Waals surface area (Å²) in [6.07, 6.45) is -1.09. The molecule has 0 aliphatic rings. The maximum Gasteiger partial charge on any atom is 0.407 e. The molecule has 17 heavy (non-hydrogen) atoms. The first-order chi connectivity index (χ1) is 7.93. The van der Waals surface area contributed by atoms with Crippen molar-refractivity contribution >= 4 is 11.8 Å². The molecule has 0 saturated carbocycles. The predicted molar refractivity (Wildman–Crippen MR) is 61.8 cm³/mol. The normalized spacial score (nSPS) is 10.3. The summed E-state index contributed by atoms with van der Waals surface area (Å²) in [5, 5.41) is 19.8. The molecule has 0 heterocycles. The van der Waals surface area contributed by atoms with Crippen LogP contribution in [0.5, 0.6) is 0 Å². The number of amides is 1. The van der Waals surface area contributed by atoms with Crippen molar-refractivity contribution in [3.05, 3.63) is 39.9 Å².